The number of halogens is 3. The number of rotatable bonds is 4. The predicted molar refractivity (Wildman–Crippen MR) is 110 cm³/mol. The van der Waals surface area contributed by atoms with E-state index < -0.39 is 39.1 Å². The molecule has 5 nitrogen and oxygen atoms in total. The third kappa shape index (κ3) is 3.88. The first-order chi connectivity index (χ1) is 14.8. The van der Waals surface area contributed by atoms with Crippen molar-refractivity contribution in [2.24, 2.45) is 0 Å². The molecule has 1 aliphatic heterocycles. The quantitative estimate of drug-likeness (QED) is 0.601. The molecule has 0 bridgehead atoms. The Morgan fingerprint density at radius 3 is 2.52 bits per heavy atom. The van der Waals surface area contributed by atoms with Gasteiger partial charge in [0, 0.05) is 12.1 Å². The molecule has 0 saturated heterocycles. The monoisotopic (exact) mass is 446 g/mol. The van der Waals surface area contributed by atoms with E-state index in [2.05, 4.69) is 5.32 Å². The first-order valence-electron chi connectivity index (χ1n) is 9.44. The molecule has 0 unspecified atom stereocenters. The molecule has 0 saturated carbocycles. The largest absolute Gasteiger partial charge is 0.319 e. The molecule has 1 aliphatic rings. The van der Waals surface area contributed by atoms with E-state index in [0.717, 1.165) is 18.1 Å². The average molecular weight is 446 g/mol. The van der Waals surface area contributed by atoms with Crippen molar-refractivity contribution in [3.63, 3.8) is 0 Å². The molecule has 9 heteroatoms. The maximum Gasteiger partial charge on any atom is 0.264 e. The number of carbonyl (C=O) groups is 1. The first kappa shape index (κ1) is 20.9. The zero-order chi connectivity index (χ0) is 22.2. The van der Waals surface area contributed by atoms with Crippen LogP contribution < -0.4 is 9.62 Å². The molecule has 1 heterocycles. The van der Waals surface area contributed by atoms with Crippen molar-refractivity contribution in [3.05, 3.63) is 89.2 Å². The van der Waals surface area contributed by atoms with Gasteiger partial charge < -0.3 is 5.32 Å². The van der Waals surface area contributed by atoms with Gasteiger partial charge in [-0.05, 0) is 54.8 Å². The first-order valence-corrected chi connectivity index (χ1v) is 10.9. The number of carbonyl (C=O) groups excluding carboxylic acids is 1. The highest BCUT2D eigenvalue weighted by molar-refractivity contribution is 7.92. The topological polar surface area (TPSA) is 66.5 Å². The minimum atomic E-state index is -3.96. The van der Waals surface area contributed by atoms with E-state index in [1.54, 1.807) is 12.1 Å². The number of para-hydroxylation sites is 1. The maximum atomic E-state index is 13.9. The van der Waals surface area contributed by atoms with Gasteiger partial charge >= 0.3 is 0 Å². The van der Waals surface area contributed by atoms with E-state index in [9.17, 15) is 26.4 Å². The minimum absolute atomic E-state index is 0.0736. The summed E-state index contributed by atoms with van der Waals surface area (Å²) >= 11 is 0. The Kier molecular flexibility index (Phi) is 5.45. The highest BCUT2D eigenvalue weighted by atomic mass is 32.2. The van der Waals surface area contributed by atoms with E-state index >= 15 is 0 Å². The lowest BCUT2D eigenvalue weighted by Gasteiger charge is -2.30. The van der Waals surface area contributed by atoms with Gasteiger partial charge in [-0.2, -0.15) is 0 Å². The Balaban J connectivity index is 1.64. The number of benzene rings is 3. The Bertz CT molecular complexity index is 1280. The van der Waals surface area contributed by atoms with Crippen LogP contribution in [0.15, 0.2) is 65.6 Å². The van der Waals surface area contributed by atoms with E-state index in [0.29, 0.717) is 24.7 Å². The van der Waals surface area contributed by atoms with Crippen molar-refractivity contribution < 1.29 is 26.4 Å². The molecule has 0 aliphatic carbocycles. The highest BCUT2D eigenvalue weighted by Gasteiger charge is 2.29. The Morgan fingerprint density at radius 2 is 1.71 bits per heavy atom. The molecule has 1 amide bonds. The third-order valence-electron chi connectivity index (χ3n) is 5.04. The smallest absolute Gasteiger partial charge is 0.264 e. The fourth-order valence-corrected chi connectivity index (χ4v) is 5.08. The molecule has 0 fully saturated rings. The van der Waals surface area contributed by atoms with E-state index in [4.69, 9.17) is 0 Å². The molecule has 3 aromatic rings. The van der Waals surface area contributed by atoms with Crippen LogP contribution >= 0.6 is 0 Å². The molecule has 0 aromatic heterocycles. The van der Waals surface area contributed by atoms with Crippen molar-refractivity contribution in [1.82, 2.24) is 0 Å². The molecule has 31 heavy (non-hydrogen) atoms. The number of nitrogens with zero attached hydrogens (tertiary/aromatic N) is 1. The van der Waals surface area contributed by atoms with Crippen LogP contribution in [0.1, 0.15) is 22.3 Å². The predicted octanol–water partition coefficient (Wildman–Crippen LogP) is 4.50. The van der Waals surface area contributed by atoms with Crippen LogP contribution in [-0.4, -0.2) is 20.9 Å². The molecule has 4 rings (SSSR count). The van der Waals surface area contributed by atoms with Gasteiger partial charge in [0.1, 0.15) is 0 Å². The fraction of sp³-hybridized carbons (Fsp3) is 0.136. The average Bonchev–Trinajstić information content (AvgIpc) is 2.79. The Morgan fingerprint density at radius 1 is 0.935 bits per heavy atom. The summed E-state index contributed by atoms with van der Waals surface area (Å²) in [6.45, 7) is 0.301. The maximum absolute atomic E-state index is 13.9. The van der Waals surface area contributed by atoms with Gasteiger partial charge in [0.25, 0.3) is 15.9 Å². The third-order valence-corrected chi connectivity index (χ3v) is 6.84. The second-order valence-electron chi connectivity index (χ2n) is 7.01. The minimum Gasteiger partial charge on any atom is -0.319 e. The van der Waals surface area contributed by atoms with Gasteiger partial charge in [-0.15, -0.1) is 0 Å². The summed E-state index contributed by atoms with van der Waals surface area (Å²) in [7, 11) is -3.96. The van der Waals surface area contributed by atoms with Crippen LogP contribution in [0, 0.1) is 17.5 Å². The van der Waals surface area contributed by atoms with Crippen LogP contribution in [0.25, 0.3) is 0 Å². The second kappa shape index (κ2) is 8.07. The standard InChI is InChI=1S/C22H17F3N2O3S/c23-17-10-11-18(21(25)20(17)24)26-22(28)15-6-3-8-16(13-15)31(29,30)27-12-4-7-14-5-1-2-9-19(14)27/h1-3,5-6,8-11,13H,4,7,12H2,(H,26,28). The SMILES string of the molecule is O=C(Nc1ccc(F)c(F)c1F)c1cccc(S(=O)(=O)N2CCCc3ccccc32)c1. The number of sulfonamides is 1. The Hall–Kier alpha value is -3.33. The van der Waals surface area contributed by atoms with Crippen molar-refractivity contribution >= 4 is 27.3 Å². The summed E-state index contributed by atoms with van der Waals surface area (Å²) in [4.78, 5) is 12.4. The lowest BCUT2D eigenvalue weighted by molar-refractivity contribution is 0.102. The number of amides is 1. The fourth-order valence-electron chi connectivity index (χ4n) is 3.49. The van der Waals surface area contributed by atoms with Gasteiger partial charge in [-0.1, -0.05) is 24.3 Å². The van der Waals surface area contributed by atoms with Gasteiger partial charge in [-0.25, -0.2) is 21.6 Å². The van der Waals surface area contributed by atoms with Gasteiger partial charge in [0.2, 0.25) is 0 Å². The van der Waals surface area contributed by atoms with Crippen LogP contribution in [0.2, 0.25) is 0 Å². The number of nitrogens with one attached hydrogen (secondary N) is 1. The van der Waals surface area contributed by atoms with Crippen LogP contribution in [0.4, 0.5) is 24.5 Å². The zero-order valence-corrected chi connectivity index (χ0v) is 16.9. The van der Waals surface area contributed by atoms with Crippen LogP contribution in [0.5, 0.6) is 0 Å². The number of anilines is 2. The normalized spacial score (nSPS) is 13.6. The number of aryl methyl sites for hydroxylation is 1. The van der Waals surface area contributed by atoms with Crippen LogP contribution in [0.3, 0.4) is 0 Å². The lowest BCUT2D eigenvalue weighted by atomic mass is 10.0. The number of hydrogen-bond acceptors (Lipinski definition) is 3. The summed E-state index contributed by atoms with van der Waals surface area (Å²) in [6.07, 6.45) is 1.43. The van der Waals surface area contributed by atoms with Crippen molar-refractivity contribution in [2.45, 2.75) is 17.7 Å². The zero-order valence-electron chi connectivity index (χ0n) is 16.1. The highest BCUT2D eigenvalue weighted by Crippen LogP contribution is 2.32. The van der Waals surface area contributed by atoms with Gasteiger partial charge in [0.15, 0.2) is 17.5 Å². The molecule has 3 aromatic carbocycles. The molecular weight excluding hydrogens is 429 g/mol. The molecule has 160 valence electrons. The lowest BCUT2D eigenvalue weighted by Crippen LogP contribution is -2.35. The molecule has 0 radical (unpaired) electrons. The Labute approximate surface area is 177 Å². The van der Waals surface area contributed by atoms with Gasteiger partial charge in [0.05, 0.1) is 16.3 Å². The molecule has 0 spiro atoms. The summed E-state index contributed by atoms with van der Waals surface area (Å²) < 4.78 is 68.2. The van der Waals surface area contributed by atoms with Crippen molar-refractivity contribution in [3.8, 4) is 0 Å². The number of hydrogen-bond donors (Lipinski definition) is 1. The molecule has 0 atom stereocenters. The van der Waals surface area contributed by atoms with Gasteiger partial charge in [-0.3, -0.25) is 9.10 Å². The summed E-state index contributed by atoms with van der Waals surface area (Å²) in [6, 6.07) is 14.0. The van der Waals surface area contributed by atoms with Crippen molar-refractivity contribution in [1.29, 1.82) is 0 Å². The summed E-state index contributed by atoms with van der Waals surface area (Å²) in [5.74, 6) is -5.49. The van der Waals surface area contributed by atoms with Crippen molar-refractivity contribution in [2.75, 3.05) is 16.2 Å². The molecular formula is C22H17F3N2O3S. The number of fused-ring (bicyclic) bond motifs is 1. The van der Waals surface area contributed by atoms with E-state index in [-0.39, 0.29) is 10.5 Å². The van der Waals surface area contributed by atoms with E-state index in [1.165, 1.54) is 28.6 Å². The second-order valence-corrected chi connectivity index (χ2v) is 8.88. The van der Waals surface area contributed by atoms with E-state index in [1.807, 2.05) is 12.1 Å². The summed E-state index contributed by atoms with van der Waals surface area (Å²) in [5, 5.41) is 2.14. The van der Waals surface area contributed by atoms with Crippen LogP contribution in [-0.2, 0) is 16.4 Å². The summed E-state index contributed by atoms with van der Waals surface area (Å²) in [5.41, 5.74) is 0.880. The molecule has 1 N–H and O–H groups in total.